The highest BCUT2D eigenvalue weighted by Gasteiger charge is 2.21. The molecule has 11 heteroatoms. The van der Waals surface area contributed by atoms with E-state index in [2.05, 4.69) is 25.5 Å². The van der Waals surface area contributed by atoms with Crippen molar-refractivity contribution in [1.29, 1.82) is 0 Å². The van der Waals surface area contributed by atoms with Gasteiger partial charge in [-0.15, -0.1) is 0 Å². The molecule has 1 saturated heterocycles. The molecule has 11 nitrogen and oxygen atoms in total. The predicted molar refractivity (Wildman–Crippen MR) is 153 cm³/mol. The van der Waals surface area contributed by atoms with E-state index in [0.29, 0.717) is 50.3 Å². The van der Waals surface area contributed by atoms with E-state index >= 15 is 0 Å². The Labute approximate surface area is 237 Å². The van der Waals surface area contributed by atoms with Gasteiger partial charge in [-0.25, -0.2) is 4.98 Å². The molecular formula is C30H32N6O5. The van der Waals surface area contributed by atoms with E-state index in [1.165, 1.54) is 6.07 Å². The van der Waals surface area contributed by atoms with Crippen LogP contribution in [0.25, 0.3) is 11.3 Å². The number of H-pyrrole nitrogens is 1. The minimum Gasteiger partial charge on any atom is -0.384 e. The fourth-order valence-electron chi connectivity index (χ4n) is 5.14. The standard InChI is InChI=1S/C30H32N6O5/c1-31-26(18-37)27(19-38)36-8-7-21-6-5-20(13-23(21)17-36)16-32-30(40)29-33-25(15-28(39)34-29)22-3-2-4-24(14-22)35-9-11-41-12-10-35/h2-6,13-15,18-19,31H,7-12,16-17H2,1H3,(H,32,40)(H,33,34,39)/b27-26-. The van der Waals surface area contributed by atoms with Gasteiger partial charge >= 0.3 is 0 Å². The number of nitrogens with zero attached hydrogens (tertiary/aromatic N) is 3. The van der Waals surface area contributed by atoms with E-state index in [1.807, 2.05) is 47.4 Å². The highest BCUT2D eigenvalue weighted by atomic mass is 16.5. The fourth-order valence-corrected chi connectivity index (χ4v) is 5.14. The number of hydrogen-bond donors (Lipinski definition) is 3. The first-order valence-electron chi connectivity index (χ1n) is 13.5. The van der Waals surface area contributed by atoms with Crippen molar-refractivity contribution in [2.75, 3.05) is 44.8 Å². The molecule has 1 aromatic heterocycles. The Kier molecular flexibility index (Phi) is 8.54. The third-order valence-corrected chi connectivity index (χ3v) is 7.33. The van der Waals surface area contributed by atoms with Crippen molar-refractivity contribution in [2.24, 2.45) is 0 Å². The smallest absolute Gasteiger partial charge is 0.287 e. The average molecular weight is 557 g/mol. The summed E-state index contributed by atoms with van der Waals surface area (Å²) in [5, 5.41) is 5.62. The van der Waals surface area contributed by atoms with Gasteiger partial charge in [0.2, 0.25) is 0 Å². The number of amides is 1. The van der Waals surface area contributed by atoms with Gasteiger partial charge in [-0.2, -0.15) is 0 Å². The van der Waals surface area contributed by atoms with Crippen molar-refractivity contribution in [2.45, 2.75) is 19.5 Å². The zero-order valence-electron chi connectivity index (χ0n) is 22.8. The number of rotatable bonds is 9. The van der Waals surface area contributed by atoms with Gasteiger partial charge in [0, 0.05) is 57.1 Å². The Morgan fingerprint density at radius 1 is 1.05 bits per heavy atom. The molecule has 5 rings (SSSR count). The number of morpholine rings is 1. The maximum Gasteiger partial charge on any atom is 0.287 e. The largest absolute Gasteiger partial charge is 0.384 e. The van der Waals surface area contributed by atoms with Crippen LogP contribution in [-0.2, 0) is 33.8 Å². The molecule has 2 aliphatic rings. The maximum absolute atomic E-state index is 13.0. The summed E-state index contributed by atoms with van der Waals surface area (Å²) in [6.07, 6.45) is 2.05. The quantitative estimate of drug-likeness (QED) is 0.264. The zero-order valence-corrected chi connectivity index (χ0v) is 22.8. The van der Waals surface area contributed by atoms with E-state index in [4.69, 9.17) is 4.74 Å². The molecule has 0 saturated carbocycles. The number of aldehydes is 2. The second-order valence-corrected chi connectivity index (χ2v) is 9.87. The summed E-state index contributed by atoms with van der Waals surface area (Å²) in [5.41, 5.74) is 5.33. The Bertz CT molecular complexity index is 1540. The lowest BCUT2D eigenvalue weighted by molar-refractivity contribution is -0.108. The molecule has 41 heavy (non-hydrogen) atoms. The molecule has 0 spiro atoms. The van der Waals surface area contributed by atoms with Gasteiger partial charge in [-0.1, -0.05) is 30.3 Å². The number of carbonyl (C=O) groups excluding carboxylic acids is 3. The monoisotopic (exact) mass is 556 g/mol. The first kappa shape index (κ1) is 27.8. The highest BCUT2D eigenvalue weighted by Crippen LogP contribution is 2.25. The summed E-state index contributed by atoms with van der Waals surface area (Å²) in [6.45, 7) is 4.18. The van der Waals surface area contributed by atoms with Crippen molar-refractivity contribution in [1.82, 2.24) is 25.5 Å². The second kappa shape index (κ2) is 12.6. The summed E-state index contributed by atoms with van der Waals surface area (Å²) in [7, 11) is 1.60. The van der Waals surface area contributed by atoms with Crippen LogP contribution in [-0.4, -0.2) is 73.2 Å². The van der Waals surface area contributed by atoms with Crippen LogP contribution in [0.1, 0.15) is 27.3 Å². The van der Waals surface area contributed by atoms with Crippen LogP contribution >= 0.6 is 0 Å². The van der Waals surface area contributed by atoms with Crippen molar-refractivity contribution in [3.8, 4) is 11.3 Å². The lowest BCUT2D eigenvalue weighted by atomic mass is 9.97. The molecule has 2 aliphatic heterocycles. The minimum atomic E-state index is -0.497. The number of aromatic amines is 1. The number of ether oxygens (including phenoxy) is 1. The summed E-state index contributed by atoms with van der Waals surface area (Å²) >= 11 is 0. The summed E-state index contributed by atoms with van der Waals surface area (Å²) < 4.78 is 5.44. The van der Waals surface area contributed by atoms with Gasteiger partial charge < -0.3 is 30.2 Å². The van der Waals surface area contributed by atoms with Gasteiger partial charge in [0.25, 0.3) is 11.5 Å². The molecule has 212 valence electrons. The van der Waals surface area contributed by atoms with Crippen LogP contribution in [0.3, 0.4) is 0 Å². The number of anilines is 1. The Morgan fingerprint density at radius 2 is 1.88 bits per heavy atom. The molecule has 1 amide bonds. The van der Waals surface area contributed by atoms with E-state index < -0.39 is 11.5 Å². The topological polar surface area (TPSA) is 137 Å². The predicted octanol–water partition coefficient (Wildman–Crippen LogP) is 1.39. The molecule has 2 aromatic carbocycles. The molecule has 0 bridgehead atoms. The van der Waals surface area contributed by atoms with Gasteiger partial charge in [0.05, 0.1) is 18.9 Å². The number of likely N-dealkylation sites (N-methyl/N-ethyl adjacent to an activating group) is 1. The molecule has 0 atom stereocenters. The normalized spacial score (nSPS) is 15.4. The molecule has 0 unspecified atom stereocenters. The number of nitrogens with one attached hydrogen (secondary N) is 3. The van der Waals surface area contributed by atoms with Crippen molar-refractivity contribution >= 4 is 24.2 Å². The maximum atomic E-state index is 13.0. The third kappa shape index (κ3) is 6.36. The summed E-state index contributed by atoms with van der Waals surface area (Å²) in [5.74, 6) is -0.564. The molecule has 3 heterocycles. The number of aromatic nitrogens is 2. The van der Waals surface area contributed by atoms with E-state index in [-0.39, 0.29) is 18.1 Å². The molecular weight excluding hydrogens is 524 g/mol. The number of fused-ring (bicyclic) bond motifs is 1. The Balaban J connectivity index is 1.29. The van der Waals surface area contributed by atoms with Crippen molar-refractivity contribution < 1.29 is 19.1 Å². The van der Waals surface area contributed by atoms with E-state index in [1.54, 1.807) is 7.05 Å². The van der Waals surface area contributed by atoms with E-state index in [9.17, 15) is 19.2 Å². The van der Waals surface area contributed by atoms with Crippen LogP contribution in [0, 0.1) is 0 Å². The minimum absolute atomic E-state index is 0.0670. The van der Waals surface area contributed by atoms with Gasteiger partial charge in [0.1, 0.15) is 11.4 Å². The van der Waals surface area contributed by atoms with Crippen LogP contribution in [0.2, 0.25) is 0 Å². The van der Waals surface area contributed by atoms with Gasteiger partial charge in [-0.3, -0.25) is 19.2 Å². The van der Waals surface area contributed by atoms with Crippen LogP contribution in [0.5, 0.6) is 0 Å². The number of carbonyl (C=O) groups is 3. The molecule has 1 fully saturated rings. The molecule has 3 N–H and O–H groups in total. The second-order valence-electron chi connectivity index (χ2n) is 9.87. The Morgan fingerprint density at radius 3 is 2.63 bits per heavy atom. The zero-order chi connectivity index (χ0) is 28.8. The lowest BCUT2D eigenvalue weighted by Crippen LogP contribution is -2.36. The summed E-state index contributed by atoms with van der Waals surface area (Å²) in [6, 6.07) is 15.1. The Hall–Kier alpha value is -4.77. The lowest BCUT2D eigenvalue weighted by Gasteiger charge is -2.31. The van der Waals surface area contributed by atoms with Crippen LogP contribution < -0.4 is 21.1 Å². The third-order valence-electron chi connectivity index (χ3n) is 7.33. The van der Waals surface area contributed by atoms with Gasteiger partial charge in [0.15, 0.2) is 18.4 Å². The molecule has 0 aliphatic carbocycles. The number of benzene rings is 2. The number of allylic oxidation sites excluding steroid dienone is 2. The average Bonchev–Trinajstić information content (AvgIpc) is 3.02. The summed E-state index contributed by atoms with van der Waals surface area (Å²) in [4.78, 5) is 59.6. The van der Waals surface area contributed by atoms with Crippen LogP contribution in [0.15, 0.2) is 64.7 Å². The van der Waals surface area contributed by atoms with Crippen LogP contribution in [0.4, 0.5) is 5.69 Å². The van der Waals surface area contributed by atoms with Gasteiger partial charge in [-0.05, 0) is 35.2 Å². The molecule has 0 radical (unpaired) electrons. The van der Waals surface area contributed by atoms with Crippen molar-refractivity contribution in [3.05, 3.63) is 92.8 Å². The van der Waals surface area contributed by atoms with Crippen molar-refractivity contribution in [3.63, 3.8) is 0 Å². The molecule has 3 aromatic rings. The first-order chi connectivity index (χ1) is 20.0. The number of hydrogen-bond acceptors (Lipinski definition) is 9. The first-order valence-corrected chi connectivity index (χ1v) is 13.5. The highest BCUT2D eigenvalue weighted by molar-refractivity contribution is 5.91. The van der Waals surface area contributed by atoms with E-state index in [0.717, 1.165) is 47.5 Å². The fraction of sp³-hybridized carbons (Fsp3) is 0.300. The SMILES string of the molecule is CN/C(C=O)=C(/C=O)N1CCc2ccc(CNC(=O)c3nc(-c4cccc(N5CCOCC5)c4)cc(=O)[nH]3)cc2C1.